The Labute approximate surface area is 303 Å². The van der Waals surface area contributed by atoms with Crippen LogP contribution in [0.2, 0.25) is 0 Å². The highest BCUT2D eigenvalue weighted by atomic mass is 28.3. The molecule has 5 nitrogen and oxygen atoms in total. The summed E-state index contributed by atoms with van der Waals surface area (Å²) in [4.78, 5) is 11.1. The molecule has 0 fully saturated rings. The van der Waals surface area contributed by atoms with Crippen LogP contribution in [0.15, 0.2) is 170 Å². The molecule has 3 heterocycles. The van der Waals surface area contributed by atoms with E-state index in [2.05, 4.69) is 152 Å². The third-order valence-electron chi connectivity index (χ3n) is 10.2. The van der Waals surface area contributed by atoms with Crippen molar-refractivity contribution >= 4 is 67.7 Å². The van der Waals surface area contributed by atoms with Gasteiger partial charge in [0.1, 0.15) is 5.82 Å². The maximum absolute atomic E-state index is 8.22. The topological polar surface area (TPSA) is 33.5 Å². The van der Waals surface area contributed by atoms with Crippen LogP contribution < -0.4 is 30.9 Å². The molecule has 0 bridgehead atoms. The lowest BCUT2D eigenvalue weighted by Crippen LogP contribution is -2.74. The molecule has 1 aliphatic heterocycles. The van der Waals surface area contributed by atoms with Gasteiger partial charge in [0.05, 0.1) is 28.1 Å². The van der Waals surface area contributed by atoms with Crippen molar-refractivity contribution in [1.82, 2.24) is 9.55 Å². The number of nitrogens with zero attached hydrogens (tertiary/aromatic N) is 4. The third kappa shape index (κ3) is 4.98. The standard InChI is InChI=1S/C45H38N4OSi/c1-32(2)33-27-28-46-45(29-33)48-41-22-11-10-21-39(41)40-26-25-38(31-44(40)48)51(35-16-6-4-7-17-35,36-18-8-5-9-19-36)37-20-14-15-34(30-37)49-43-24-13-12-23-42(43)47(3)50-49/h4-32H,1-3H3/i3D3. The quantitative estimate of drug-likeness (QED) is 0.126. The van der Waals surface area contributed by atoms with E-state index < -0.39 is 15.0 Å². The lowest BCUT2D eigenvalue weighted by molar-refractivity contribution is 0.142. The third-order valence-corrected chi connectivity index (χ3v) is 14.9. The summed E-state index contributed by atoms with van der Waals surface area (Å²) in [5, 5.41) is 9.78. The van der Waals surface area contributed by atoms with Crippen LogP contribution in [-0.2, 0) is 4.94 Å². The van der Waals surface area contributed by atoms with Crippen molar-refractivity contribution < 1.29 is 9.05 Å². The number of pyridine rings is 1. The minimum Gasteiger partial charge on any atom is -0.294 e. The van der Waals surface area contributed by atoms with Gasteiger partial charge >= 0.3 is 0 Å². The van der Waals surface area contributed by atoms with Crippen molar-refractivity contribution in [2.75, 3.05) is 17.1 Å². The summed E-state index contributed by atoms with van der Waals surface area (Å²) in [6, 6.07) is 57.3. The zero-order chi connectivity index (χ0) is 37.0. The minimum absolute atomic E-state index is 0.359. The van der Waals surface area contributed by atoms with Crippen LogP contribution in [0.3, 0.4) is 0 Å². The first-order valence-electron chi connectivity index (χ1n) is 18.8. The molecule has 51 heavy (non-hydrogen) atoms. The van der Waals surface area contributed by atoms with Crippen LogP contribution in [0.25, 0.3) is 27.6 Å². The van der Waals surface area contributed by atoms with Crippen LogP contribution in [0.1, 0.15) is 29.4 Å². The van der Waals surface area contributed by atoms with Crippen LogP contribution in [0.4, 0.5) is 17.1 Å². The van der Waals surface area contributed by atoms with Crippen molar-refractivity contribution in [3.63, 3.8) is 0 Å². The molecule has 8 aromatic rings. The lowest BCUT2D eigenvalue weighted by atomic mass is 10.1. The van der Waals surface area contributed by atoms with Gasteiger partial charge in [-0.2, -0.15) is 5.06 Å². The molecule has 0 unspecified atom stereocenters. The van der Waals surface area contributed by atoms with E-state index in [-0.39, 0.29) is 0 Å². The molecule has 9 rings (SSSR count). The largest absolute Gasteiger partial charge is 0.294 e. The minimum atomic E-state index is -3.09. The molecule has 0 saturated heterocycles. The van der Waals surface area contributed by atoms with Gasteiger partial charge in [0.15, 0.2) is 8.07 Å². The predicted molar refractivity (Wildman–Crippen MR) is 214 cm³/mol. The number of fused-ring (bicyclic) bond motifs is 4. The first-order chi connectivity index (χ1) is 26.2. The molecular weight excluding hydrogens is 641 g/mol. The summed E-state index contributed by atoms with van der Waals surface area (Å²) in [5.74, 6) is 1.25. The van der Waals surface area contributed by atoms with Crippen molar-refractivity contribution in [2.24, 2.45) is 0 Å². The molecule has 2 aromatic heterocycles. The molecule has 0 aliphatic carbocycles. The van der Waals surface area contributed by atoms with Crippen LogP contribution in [-0.4, -0.2) is 24.6 Å². The number of hydrogen-bond donors (Lipinski definition) is 0. The maximum atomic E-state index is 8.22. The predicted octanol–water partition coefficient (Wildman–Crippen LogP) is 8.11. The zero-order valence-corrected chi connectivity index (χ0v) is 29.4. The van der Waals surface area contributed by atoms with Gasteiger partial charge in [-0.3, -0.25) is 4.57 Å². The van der Waals surface area contributed by atoms with Gasteiger partial charge in [0.25, 0.3) is 0 Å². The first-order valence-corrected chi connectivity index (χ1v) is 19.3. The summed E-state index contributed by atoms with van der Waals surface area (Å²) < 4.78 is 27.0. The fraction of sp³-hybridized carbons (Fsp3) is 0.0889. The highest BCUT2D eigenvalue weighted by molar-refractivity contribution is 7.20. The van der Waals surface area contributed by atoms with E-state index in [9.17, 15) is 0 Å². The molecule has 1 aliphatic rings. The van der Waals surface area contributed by atoms with E-state index in [1.54, 1.807) is 11.1 Å². The van der Waals surface area contributed by atoms with Crippen LogP contribution in [0.5, 0.6) is 0 Å². The SMILES string of the molecule is [2H]C([2H])([2H])N1ON(c2cccc([Si](c3ccccc3)(c3ccccc3)c3ccc4c5ccccc5n(-c5cc(C(C)C)ccn5)c4c3)c2)c2ccccc21. The van der Waals surface area contributed by atoms with Gasteiger partial charge in [-0.05, 0) is 80.8 Å². The molecule has 0 spiro atoms. The van der Waals surface area contributed by atoms with Crippen LogP contribution >= 0.6 is 0 Å². The second-order valence-corrected chi connectivity index (χ2v) is 17.2. The Kier molecular flexibility index (Phi) is 6.78. The number of hydrogen-bond acceptors (Lipinski definition) is 4. The smallest absolute Gasteiger partial charge is 0.179 e. The van der Waals surface area contributed by atoms with E-state index in [0.29, 0.717) is 17.3 Å². The van der Waals surface area contributed by atoms with Crippen molar-refractivity contribution in [3.05, 3.63) is 176 Å². The molecular formula is C45H38N4OSi. The molecule has 6 aromatic carbocycles. The van der Waals surface area contributed by atoms with Gasteiger partial charge in [-0.1, -0.05) is 129 Å². The molecule has 0 amide bonds. The van der Waals surface area contributed by atoms with Gasteiger partial charge in [-0.15, -0.1) is 4.94 Å². The number of para-hydroxylation sites is 3. The highest BCUT2D eigenvalue weighted by Crippen LogP contribution is 2.40. The molecule has 6 heteroatoms. The Morgan fingerprint density at radius 1 is 0.588 bits per heavy atom. The number of anilines is 3. The molecule has 248 valence electrons. The number of aromatic nitrogens is 2. The molecule has 0 radical (unpaired) electrons. The van der Waals surface area contributed by atoms with Gasteiger partial charge in [0.2, 0.25) is 0 Å². The molecule has 0 atom stereocenters. The molecule has 0 N–H and O–H groups in total. The number of hydroxylamine groups is 1. The van der Waals surface area contributed by atoms with Crippen molar-refractivity contribution in [2.45, 2.75) is 19.8 Å². The Hall–Kier alpha value is -5.95. The lowest BCUT2D eigenvalue weighted by Gasteiger charge is -2.35. The second-order valence-electron chi connectivity index (χ2n) is 13.4. The van der Waals surface area contributed by atoms with Crippen molar-refractivity contribution in [3.8, 4) is 5.82 Å². The number of benzene rings is 6. The fourth-order valence-corrected chi connectivity index (χ4v) is 12.6. The van der Waals surface area contributed by atoms with E-state index in [1.165, 1.54) is 26.5 Å². The Morgan fingerprint density at radius 3 is 1.98 bits per heavy atom. The second kappa shape index (κ2) is 12.4. The monoisotopic (exact) mass is 681 g/mol. The fourth-order valence-electron chi connectivity index (χ4n) is 7.77. The van der Waals surface area contributed by atoms with Crippen molar-refractivity contribution in [1.29, 1.82) is 0 Å². The van der Waals surface area contributed by atoms with E-state index in [1.807, 2.05) is 30.5 Å². The molecule has 0 saturated carbocycles. The van der Waals surface area contributed by atoms with E-state index in [0.717, 1.165) is 38.2 Å². The zero-order valence-electron chi connectivity index (χ0n) is 31.4. The Balaban J connectivity index is 1.33. The van der Waals surface area contributed by atoms with Gasteiger partial charge in [0, 0.05) is 28.1 Å². The number of rotatable bonds is 7. The summed E-state index contributed by atoms with van der Waals surface area (Å²) in [5.41, 5.74) is 5.33. The summed E-state index contributed by atoms with van der Waals surface area (Å²) >= 11 is 0. The summed E-state index contributed by atoms with van der Waals surface area (Å²) in [7, 11) is -3.09. The first kappa shape index (κ1) is 27.8. The van der Waals surface area contributed by atoms with Gasteiger partial charge < -0.3 is 0 Å². The summed E-state index contributed by atoms with van der Waals surface area (Å²) in [6.07, 6.45) is 1.92. The average Bonchev–Trinajstić information content (AvgIpc) is 3.76. The van der Waals surface area contributed by atoms with E-state index in [4.69, 9.17) is 14.0 Å². The summed E-state index contributed by atoms with van der Waals surface area (Å²) in [6.45, 7) is 1.93. The maximum Gasteiger partial charge on any atom is 0.179 e. The Morgan fingerprint density at radius 2 is 1.24 bits per heavy atom. The van der Waals surface area contributed by atoms with Gasteiger partial charge in [-0.25, -0.2) is 10.0 Å². The highest BCUT2D eigenvalue weighted by Gasteiger charge is 2.42. The van der Waals surface area contributed by atoms with E-state index >= 15 is 0 Å². The Bertz CT molecular complexity index is 2600. The normalized spacial score (nSPS) is 14.1. The van der Waals surface area contributed by atoms with Crippen LogP contribution in [0, 0.1) is 0 Å². The average molecular weight is 682 g/mol.